The van der Waals surface area contributed by atoms with Gasteiger partial charge in [-0.2, -0.15) is 0 Å². The van der Waals surface area contributed by atoms with Gasteiger partial charge in [0.25, 0.3) is 5.56 Å². The third kappa shape index (κ3) is 2.64. The summed E-state index contributed by atoms with van der Waals surface area (Å²) < 4.78 is 1.36. The van der Waals surface area contributed by atoms with Crippen molar-refractivity contribution < 1.29 is 9.90 Å². The van der Waals surface area contributed by atoms with E-state index in [1.54, 1.807) is 24.4 Å². The maximum atomic E-state index is 12.1. The third-order valence-corrected chi connectivity index (χ3v) is 2.70. The molecule has 0 atom stereocenters. The first-order chi connectivity index (χ1) is 9.50. The van der Waals surface area contributed by atoms with Crippen molar-refractivity contribution in [2.75, 3.05) is 0 Å². The van der Waals surface area contributed by atoms with Crippen LogP contribution < -0.4 is 5.56 Å². The number of hydrogen-bond donors (Lipinski definition) is 1. The molecule has 0 amide bonds. The lowest BCUT2D eigenvalue weighted by Gasteiger charge is -2.00. The summed E-state index contributed by atoms with van der Waals surface area (Å²) in [6, 6.07) is 5.19. The number of aliphatic imine (C=N–C) groups is 1. The molecule has 0 saturated carbocycles. The Kier molecular flexibility index (Phi) is 3.74. The number of fused-ring (bicyclic) bond motifs is 1. The highest BCUT2D eigenvalue weighted by Gasteiger charge is 2.06. The number of Topliss-reactive ketones (excluding diaryl/α,β-unsaturated/α-hetero) is 1. The molecule has 0 saturated heterocycles. The number of ketones is 1. The van der Waals surface area contributed by atoms with Gasteiger partial charge in [-0.3, -0.25) is 14.0 Å². The monoisotopic (exact) mass is 271 g/mol. The van der Waals surface area contributed by atoms with E-state index >= 15 is 0 Å². The number of hydrogen-bond acceptors (Lipinski definition) is 5. The first-order valence-electron chi connectivity index (χ1n) is 5.92. The molecule has 20 heavy (non-hydrogen) atoms. The van der Waals surface area contributed by atoms with Crippen molar-refractivity contribution in [2.24, 2.45) is 4.99 Å². The van der Waals surface area contributed by atoms with Crippen molar-refractivity contribution in [2.45, 2.75) is 13.8 Å². The van der Waals surface area contributed by atoms with E-state index in [1.807, 2.05) is 0 Å². The molecule has 0 unspecified atom stereocenters. The van der Waals surface area contributed by atoms with Gasteiger partial charge in [0, 0.05) is 12.4 Å². The van der Waals surface area contributed by atoms with Gasteiger partial charge in [0.2, 0.25) is 0 Å². The Morgan fingerprint density at radius 2 is 2.15 bits per heavy atom. The second-order valence-electron chi connectivity index (χ2n) is 4.19. The molecule has 0 aliphatic rings. The molecule has 6 nitrogen and oxygen atoms in total. The Morgan fingerprint density at radius 1 is 1.40 bits per heavy atom. The van der Waals surface area contributed by atoms with Crippen molar-refractivity contribution in [3.63, 3.8) is 0 Å². The highest BCUT2D eigenvalue weighted by molar-refractivity contribution is 6.12. The van der Waals surface area contributed by atoms with Crippen LogP contribution in [0.2, 0.25) is 0 Å². The molecule has 1 N–H and O–H groups in total. The van der Waals surface area contributed by atoms with Crippen LogP contribution in [-0.2, 0) is 4.79 Å². The number of carbonyl (C=O) groups is 1. The van der Waals surface area contributed by atoms with Crippen LogP contribution in [-0.4, -0.2) is 26.5 Å². The van der Waals surface area contributed by atoms with E-state index < -0.39 is 0 Å². The molecular weight excluding hydrogens is 258 g/mol. The fourth-order valence-electron chi connectivity index (χ4n) is 1.68. The van der Waals surface area contributed by atoms with Crippen LogP contribution in [0.3, 0.4) is 0 Å². The molecule has 102 valence electrons. The maximum Gasteiger partial charge on any atom is 0.283 e. The van der Waals surface area contributed by atoms with E-state index in [4.69, 9.17) is 0 Å². The molecule has 6 heteroatoms. The smallest absolute Gasteiger partial charge is 0.283 e. The minimum absolute atomic E-state index is 0.0579. The van der Waals surface area contributed by atoms with E-state index in [-0.39, 0.29) is 28.4 Å². The van der Waals surface area contributed by atoms with E-state index in [1.165, 1.54) is 30.7 Å². The van der Waals surface area contributed by atoms with Crippen LogP contribution >= 0.6 is 0 Å². The first-order valence-corrected chi connectivity index (χ1v) is 5.92. The molecule has 0 bridgehead atoms. The van der Waals surface area contributed by atoms with Crippen LogP contribution in [0, 0.1) is 0 Å². The average molecular weight is 271 g/mol. The lowest BCUT2D eigenvalue weighted by Crippen LogP contribution is -2.13. The average Bonchev–Trinajstić information content (AvgIpc) is 2.41. The zero-order valence-corrected chi connectivity index (χ0v) is 11.1. The predicted molar refractivity (Wildman–Crippen MR) is 75.6 cm³/mol. The Morgan fingerprint density at radius 3 is 2.80 bits per heavy atom. The summed E-state index contributed by atoms with van der Waals surface area (Å²) in [5.74, 6) is -0.474. The molecule has 0 fully saturated rings. The number of carbonyl (C=O) groups excluding carboxylic acids is 1. The van der Waals surface area contributed by atoms with E-state index in [0.29, 0.717) is 5.65 Å². The molecule has 0 radical (unpaired) electrons. The minimum atomic E-state index is -0.342. The van der Waals surface area contributed by atoms with E-state index in [9.17, 15) is 14.7 Å². The van der Waals surface area contributed by atoms with Crippen LogP contribution in [0.25, 0.3) is 5.65 Å². The summed E-state index contributed by atoms with van der Waals surface area (Å²) in [5, 5.41) is 9.37. The zero-order chi connectivity index (χ0) is 14.7. The molecule has 2 heterocycles. The number of rotatable bonds is 3. The van der Waals surface area contributed by atoms with Crippen molar-refractivity contribution in [3.8, 4) is 0 Å². The highest BCUT2D eigenvalue weighted by atomic mass is 16.3. The summed E-state index contributed by atoms with van der Waals surface area (Å²) in [6.45, 7) is 2.70. The topological polar surface area (TPSA) is 84.0 Å². The van der Waals surface area contributed by atoms with Gasteiger partial charge in [-0.15, -0.1) is 0 Å². The van der Waals surface area contributed by atoms with Crippen LogP contribution in [0.1, 0.15) is 13.8 Å². The Hall–Kier alpha value is -2.76. The fraction of sp³-hybridized carbons (Fsp3) is 0.143. The molecule has 0 aliphatic carbocycles. The summed E-state index contributed by atoms with van der Waals surface area (Å²) in [6.07, 6.45) is 4.09. The molecule has 0 aliphatic heterocycles. The minimum Gasteiger partial charge on any atom is -0.512 e. The molecular formula is C14H13N3O3. The Balaban J connectivity index is 2.50. The summed E-state index contributed by atoms with van der Waals surface area (Å²) >= 11 is 0. The second kappa shape index (κ2) is 5.48. The van der Waals surface area contributed by atoms with Crippen molar-refractivity contribution >= 4 is 23.3 Å². The van der Waals surface area contributed by atoms with Crippen LogP contribution in [0.5, 0.6) is 0 Å². The predicted octanol–water partition coefficient (Wildman–Crippen LogP) is 1.82. The van der Waals surface area contributed by atoms with Gasteiger partial charge in [-0.1, -0.05) is 6.07 Å². The SMILES string of the molecule is CC(=O)/C(C=Nc1cnc2ccccn2c1=O)=C(/C)O. The van der Waals surface area contributed by atoms with Gasteiger partial charge in [-0.05, 0) is 26.0 Å². The van der Waals surface area contributed by atoms with Crippen LogP contribution in [0.4, 0.5) is 5.69 Å². The van der Waals surface area contributed by atoms with Gasteiger partial charge in [0.1, 0.15) is 17.1 Å². The third-order valence-electron chi connectivity index (χ3n) is 2.70. The molecule has 0 aromatic carbocycles. The summed E-state index contributed by atoms with van der Waals surface area (Å²) in [4.78, 5) is 31.5. The number of aliphatic hydroxyl groups is 1. The zero-order valence-electron chi connectivity index (χ0n) is 11.1. The van der Waals surface area contributed by atoms with Gasteiger partial charge in [0.05, 0.1) is 11.8 Å². The van der Waals surface area contributed by atoms with Gasteiger partial charge >= 0.3 is 0 Å². The largest absolute Gasteiger partial charge is 0.512 e. The maximum absolute atomic E-state index is 12.1. The van der Waals surface area contributed by atoms with Crippen molar-refractivity contribution in [1.82, 2.24) is 9.38 Å². The standard InChI is InChI=1S/C14H13N3O3/c1-9(18)11(10(2)19)7-15-12-8-16-13-5-3-4-6-17(13)14(12)20/h3-8,18H,1-2H3/b11-9-,15-7?. The number of pyridine rings is 1. The lowest BCUT2D eigenvalue weighted by atomic mass is 10.2. The first kappa shape index (κ1) is 13.7. The summed E-state index contributed by atoms with van der Waals surface area (Å²) in [5.41, 5.74) is 0.318. The number of nitrogens with zero attached hydrogens (tertiary/aromatic N) is 3. The van der Waals surface area contributed by atoms with Gasteiger partial charge < -0.3 is 5.11 Å². The molecule has 0 spiro atoms. The quantitative estimate of drug-likeness (QED) is 0.524. The molecule has 2 rings (SSSR count). The fourth-order valence-corrected chi connectivity index (χ4v) is 1.68. The van der Waals surface area contributed by atoms with Crippen molar-refractivity contribution in [1.29, 1.82) is 0 Å². The van der Waals surface area contributed by atoms with Gasteiger partial charge in [0.15, 0.2) is 5.78 Å². The normalized spacial score (nSPS) is 12.7. The molecule has 2 aromatic heterocycles. The summed E-state index contributed by atoms with van der Waals surface area (Å²) in [7, 11) is 0. The Bertz CT molecular complexity index is 784. The van der Waals surface area contributed by atoms with Gasteiger partial charge in [-0.25, -0.2) is 9.98 Å². The van der Waals surface area contributed by atoms with Crippen LogP contribution in [0.15, 0.2) is 51.7 Å². The number of allylic oxidation sites excluding steroid dienone is 2. The van der Waals surface area contributed by atoms with Crippen molar-refractivity contribution in [3.05, 3.63) is 52.3 Å². The molecule has 2 aromatic rings. The second-order valence-corrected chi connectivity index (χ2v) is 4.19. The van der Waals surface area contributed by atoms with E-state index in [0.717, 1.165) is 0 Å². The Labute approximate surface area is 114 Å². The number of aromatic nitrogens is 2. The lowest BCUT2D eigenvalue weighted by molar-refractivity contribution is -0.113. The highest BCUT2D eigenvalue weighted by Crippen LogP contribution is 2.07. The number of aliphatic hydroxyl groups excluding tert-OH is 1. The van der Waals surface area contributed by atoms with E-state index in [2.05, 4.69) is 9.98 Å².